The van der Waals surface area contributed by atoms with Crippen LogP contribution < -0.4 is 29.6 Å². The molecule has 8 heteroatoms. The highest BCUT2D eigenvalue weighted by Crippen LogP contribution is 2.35. The second kappa shape index (κ2) is 13.2. The van der Waals surface area contributed by atoms with Crippen LogP contribution in [0.15, 0.2) is 84.9 Å². The van der Waals surface area contributed by atoms with E-state index in [4.69, 9.17) is 18.9 Å². The Morgan fingerprint density at radius 2 is 0.900 bits per heavy atom. The van der Waals surface area contributed by atoms with Gasteiger partial charge in [-0.1, -0.05) is 36.4 Å². The average molecular weight is 541 g/mol. The minimum Gasteiger partial charge on any atom is -0.497 e. The van der Waals surface area contributed by atoms with E-state index >= 15 is 0 Å². The van der Waals surface area contributed by atoms with Crippen molar-refractivity contribution in [1.82, 2.24) is 0 Å². The summed E-state index contributed by atoms with van der Waals surface area (Å²) in [6, 6.07) is 25.8. The molecule has 4 aromatic rings. The first-order chi connectivity index (χ1) is 19.4. The molecule has 0 bridgehead atoms. The minimum atomic E-state index is -0.160. The highest BCUT2D eigenvalue weighted by molar-refractivity contribution is 5.95. The number of benzene rings is 4. The molecule has 0 atom stereocenters. The van der Waals surface area contributed by atoms with Crippen molar-refractivity contribution in [2.75, 3.05) is 39.1 Å². The number of anilines is 2. The summed E-state index contributed by atoms with van der Waals surface area (Å²) in [6.45, 7) is 0. The Kier molecular flexibility index (Phi) is 9.25. The largest absolute Gasteiger partial charge is 0.497 e. The second-order valence-corrected chi connectivity index (χ2v) is 8.98. The molecule has 0 heterocycles. The van der Waals surface area contributed by atoms with E-state index < -0.39 is 0 Å². The Bertz CT molecular complexity index is 1350. The lowest BCUT2D eigenvalue weighted by atomic mass is 10.0. The molecule has 0 radical (unpaired) electrons. The summed E-state index contributed by atoms with van der Waals surface area (Å²) >= 11 is 0. The number of carbonyl (C=O) groups is 2. The third kappa shape index (κ3) is 7.11. The van der Waals surface area contributed by atoms with Gasteiger partial charge in [-0.15, -0.1) is 0 Å². The van der Waals surface area contributed by atoms with Gasteiger partial charge >= 0.3 is 0 Å². The molecule has 2 amide bonds. The second-order valence-electron chi connectivity index (χ2n) is 8.98. The zero-order chi connectivity index (χ0) is 28.5. The molecule has 0 fully saturated rings. The summed E-state index contributed by atoms with van der Waals surface area (Å²) in [6.07, 6.45) is 0.440. The van der Waals surface area contributed by atoms with E-state index in [0.29, 0.717) is 22.9 Å². The minimum absolute atomic E-state index is 0.160. The lowest BCUT2D eigenvalue weighted by molar-refractivity contribution is -0.116. The number of ether oxygens (including phenoxy) is 4. The fourth-order valence-corrected chi connectivity index (χ4v) is 4.19. The van der Waals surface area contributed by atoms with E-state index in [1.165, 1.54) is 0 Å². The number of rotatable bonds is 11. The molecule has 0 saturated heterocycles. The van der Waals surface area contributed by atoms with Crippen LogP contribution in [0.3, 0.4) is 0 Å². The van der Waals surface area contributed by atoms with Gasteiger partial charge in [0, 0.05) is 0 Å². The third-order valence-corrected chi connectivity index (χ3v) is 6.33. The highest BCUT2D eigenvalue weighted by atomic mass is 16.5. The quantitative estimate of drug-likeness (QED) is 0.252. The van der Waals surface area contributed by atoms with E-state index in [9.17, 15) is 9.59 Å². The lowest BCUT2D eigenvalue weighted by Gasteiger charge is -2.15. The molecule has 8 nitrogen and oxygen atoms in total. The van der Waals surface area contributed by atoms with Gasteiger partial charge in [0.05, 0.1) is 52.7 Å². The molecule has 0 aliphatic carbocycles. The van der Waals surface area contributed by atoms with E-state index in [2.05, 4.69) is 10.6 Å². The zero-order valence-corrected chi connectivity index (χ0v) is 22.9. The van der Waals surface area contributed by atoms with E-state index in [1.54, 1.807) is 40.6 Å². The molecule has 206 valence electrons. The Labute approximate surface area is 233 Å². The van der Waals surface area contributed by atoms with Gasteiger partial charge in [0.25, 0.3) is 0 Å². The standard InChI is InChI=1S/C32H32N2O6/c1-37-25-11-5-21(6-12-25)17-31(35)33-27-15-9-23(19-29(27)39-3)24-10-16-28(30(20-24)40-4)34-32(36)18-22-7-13-26(38-2)14-8-22/h5-16,19-20H,17-18H2,1-4H3,(H,33,35)(H,34,36). The maximum atomic E-state index is 12.7. The van der Waals surface area contributed by atoms with Crippen LogP contribution in [0.25, 0.3) is 11.1 Å². The Morgan fingerprint density at radius 1 is 0.525 bits per heavy atom. The van der Waals surface area contributed by atoms with Crippen molar-refractivity contribution >= 4 is 23.2 Å². The molecular weight excluding hydrogens is 508 g/mol. The van der Waals surface area contributed by atoms with E-state index in [0.717, 1.165) is 33.8 Å². The van der Waals surface area contributed by atoms with Crippen molar-refractivity contribution in [1.29, 1.82) is 0 Å². The number of amides is 2. The fourth-order valence-electron chi connectivity index (χ4n) is 4.19. The normalized spacial score (nSPS) is 10.4. The zero-order valence-electron chi connectivity index (χ0n) is 22.9. The molecule has 0 aliphatic heterocycles. The van der Waals surface area contributed by atoms with Gasteiger partial charge in [-0.3, -0.25) is 9.59 Å². The van der Waals surface area contributed by atoms with Gasteiger partial charge in [0.15, 0.2) is 0 Å². The Morgan fingerprint density at radius 3 is 1.23 bits per heavy atom. The predicted molar refractivity (Wildman–Crippen MR) is 156 cm³/mol. The van der Waals surface area contributed by atoms with Gasteiger partial charge in [0.2, 0.25) is 11.8 Å². The van der Waals surface area contributed by atoms with Crippen molar-refractivity contribution < 1.29 is 28.5 Å². The van der Waals surface area contributed by atoms with Crippen molar-refractivity contribution in [3.8, 4) is 34.1 Å². The maximum absolute atomic E-state index is 12.7. The predicted octanol–water partition coefficient (Wildman–Crippen LogP) is 5.75. The molecule has 2 N–H and O–H groups in total. The van der Waals surface area contributed by atoms with Crippen LogP contribution in [0.1, 0.15) is 11.1 Å². The summed E-state index contributed by atoms with van der Waals surface area (Å²) in [4.78, 5) is 25.3. The summed E-state index contributed by atoms with van der Waals surface area (Å²) < 4.78 is 21.5. The first kappa shape index (κ1) is 28.0. The van der Waals surface area contributed by atoms with E-state index in [-0.39, 0.29) is 24.7 Å². The monoisotopic (exact) mass is 540 g/mol. The summed E-state index contributed by atoms with van der Waals surface area (Å²) in [5, 5.41) is 5.84. The topological polar surface area (TPSA) is 95.1 Å². The number of nitrogens with one attached hydrogen (secondary N) is 2. The van der Waals surface area contributed by atoms with Crippen molar-refractivity contribution in [2.45, 2.75) is 12.8 Å². The fraction of sp³-hybridized carbons (Fsp3) is 0.188. The maximum Gasteiger partial charge on any atom is 0.228 e. The first-order valence-electron chi connectivity index (χ1n) is 12.6. The third-order valence-electron chi connectivity index (χ3n) is 6.33. The van der Waals surface area contributed by atoms with Crippen LogP contribution in [-0.2, 0) is 22.4 Å². The summed E-state index contributed by atoms with van der Waals surface area (Å²) in [5.74, 6) is 2.21. The smallest absolute Gasteiger partial charge is 0.228 e. The van der Waals surface area contributed by atoms with Gasteiger partial charge in [-0.2, -0.15) is 0 Å². The van der Waals surface area contributed by atoms with Crippen molar-refractivity contribution in [3.63, 3.8) is 0 Å². The summed E-state index contributed by atoms with van der Waals surface area (Å²) in [7, 11) is 6.32. The molecule has 0 saturated carbocycles. The highest BCUT2D eigenvalue weighted by Gasteiger charge is 2.14. The van der Waals surface area contributed by atoms with Gasteiger partial charge in [-0.05, 0) is 70.8 Å². The van der Waals surface area contributed by atoms with Crippen LogP contribution in [0, 0.1) is 0 Å². The van der Waals surface area contributed by atoms with E-state index in [1.807, 2.05) is 72.8 Å². The molecule has 0 unspecified atom stereocenters. The average Bonchev–Trinajstić information content (AvgIpc) is 2.98. The molecule has 0 spiro atoms. The van der Waals surface area contributed by atoms with Crippen LogP contribution in [0.2, 0.25) is 0 Å². The van der Waals surface area contributed by atoms with Gasteiger partial charge in [0.1, 0.15) is 23.0 Å². The lowest BCUT2D eigenvalue weighted by Crippen LogP contribution is -2.15. The molecule has 0 aromatic heterocycles. The van der Waals surface area contributed by atoms with Crippen LogP contribution in [0.4, 0.5) is 11.4 Å². The van der Waals surface area contributed by atoms with Gasteiger partial charge < -0.3 is 29.6 Å². The Hall–Kier alpha value is -4.98. The molecular formula is C32H32N2O6. The molecule has 4 aromatic carbocycles. The van der Waals surface area contributed by atoms with Gasteiger partial charge in [-0.25, -0.2) is 0 Å². The molecule has 0 aliphatic rings. The van der Waals surface area contributed by atoms with Crippen molar-refractivity contribution in [2.24, 2.45) is 0 Å². The summed E-state index contributed by atoms with van der Waals surface area (Å²) in [5.41, 5.74) is 4.60. The first-order valence-corrected chi connectivity index (χ1v) is 12.6. The van der Waals surface area contributed by atoms with Crippen LogP contribution >= 0.6 is 0 Å². The number of carbonyl (C=O) groups excluding carboxylic acids is 2. The number of methoxy groups -OCH3 is 4. The number of hydrogen-bond acceptors (Lipinski definition) is 6. The van der Waals surface area contributed by atoms with Crippen molar-refractivity contribution in [3.05, 3.63) is 96.1 Å². The number of hydrogen-bond donors (Lipinski definition) is 2. The molecule has 40 heavy (non-hydrogen) atoms. The Balaban J connectivity index is 1.44. The van der Waals surface area contributed by atoms with Crippen LogP contribution in [0.5, 0.6) is 23.0 Å². The SMILES string of the molecule is COc1ccc(CC(=O)Nc2ccc(-c3ccc(NC(=O)Cc4ccc(OC)cc4)c(OC)c3)cc2OC)cc1. The molecule has 4 rings (SSSR count). The van der Waals surface area contributed by atoms with Crippen LogP contribution in [-0.4, -0.2) is 40.3 Å².